The summed E-state index contributed by atoms with van der Waals surface area (Å²) in [5.74, 6) is -1.26. The highest BCUT2D eigenvalue weighted by atomic mass is 16.5. The van der Waals surface area contributed by atoms with Crippen molar-refractivity contribution in [1.29, 1.82) is 0 Å². The Morgan fingerprint density at radius 2 is 1.95 bits per heavy atom. The number of ether oxygens (including phenoxy) is 1. The van der Waals surface area contributed by atoms with Gasteiger partial charge in [-0.3, -0.25) is 4.79 Å². The van der Waals surface area contributed by atoms with Crippen molar-refractivity contribution in [1.82, 2.24) is 4.90 Å². The topological polar surface area (TPSA) is 92.9 Å². The molecular weight excluding hydrogens is 260 g/mol. The molecule has 1 unspecified atom stereocenters. The van der Waals surface area contributed by atoms with E-state index in [2.05, 4.69) is 0 Å². The van der Waals surface area contributed by atoms with Crippen LogP contribution in [-0.2, 0) is 4.79 Å². The molecule has 0 saturated carbocycles. The summed E-state index contributed by atoms with van der Waals surface area (Å²) < 4.78 is 5.48. The molecule has 0 spiro atoms. The number of rotatable bonds is 6. The summed E-state index contributed by atoms with van der Waals surface area (Å²) in [4.78, 5) is 24.9. The molecule has 0 aromatic heterocycles. The van der Waals surface area contributed by atoms with Gasteiger partial charge in [0.05, 0.1) is 0 Å². The molecule has 1 aromatic rings. The molecule has 1 amide bonds. The van der Waals surface area contributed by atoms with Crippen LogP contribution in [0.5, 0.6) is 5.75 Å². The summed E-state index contributed by atoms with van der Waals surface area (Å²) >= 11 is 0. The lowest BCUT2D eigenvalue weighted by atomic mass is 10.1. The Balaban J connectivity index is 2.96. The molecule has 0 heterocycles. The number of amides is 1. The van der Waals surface area contributed by atoms with Crippen LogP contribution < -0.4 is 10.5 Å². The number of carboxylic acid groups (broad SMARTS) is 1. The minimum absolute atomic E-state index is 0.102. The fourth-order valence-corrected chi connectivity index (χ4v) is 1.91. The molecule has 0 aliphatic heterocycles. The van der Waals surface area contributed by atoms with E-state index in [-0.39, 0.29) is 22.9 Å². The van der Waals surface area contributed by atoms with Gasteiger partial charge in [0.1, 0.15) is 11.3 Å². The van der Waals surface area contributed by atoms with Gasteiger partial charge in [0.25, 0.3) is 5.91 Å². The zero-order valence-electron chi connectivity index (χ0n) is 11.9. The number of anilines is 1. The number of hydrogen-bond acceptors (Lipinski definition) is 4. The summed E-state index contributed by atoms with van der Waals surface area (Å²) in [5.41, 5.74) is 5.62. The molecule has 0 bridgehead atoms. The Hall–Kier alpha value is -2.24. The SMILES string of the molecule is CCN(CC)C(=O)C(C)Oc1cccc(N)c1C(=O)O. The quantitative estimate of drug-likeness (QED) is 0.772. The number of carbonyl (C=O) groups is 2. The molecule has 0 fully saturated rings. The van der Waals surface area contributed by atoms with Crippen molar-refractivity contribution < 1.29 is 19.4 Å². The van der Waals surface area contributed by atoms with E-state index in [1.165, 1.54) is 12.1 Å². The van der Waals surface area contributed by atoms with E-state index in [1.54, 1.807) is 17.9 Å². The van der Waals surface area contributed by atoms with Crippen LogP contribution in [0.25, 0.3) is 0 Å². The normalized spacial score (nSPS) is 11.8. The third-order valence-electron chi connectivity index (χ3n) is 3.00. The largest absolute Gasteiger partial charge is 0.480 e. The van der Waals surface area contributed by atoms with Gasteiger partial charge in [0, 0.05) is 18.8 Å². The van der Waals surface area contributed by atoms with E-state index in [1.807, 2.05) is 13.8 Å². The van der Waals surface area contributed by atoms with Crippen LogP contribution in [0.3, 0.4) is 0 Å². The number of nitrogens with zero attached hydrogens (tertiary/aromatic N) is 1. The Kier molecular flexibility index (Phi) is 5.37. The number of nitrogen functional groups attached to an aromatic ring is 1. The summed E-state index contributed by atoms with van der Waals surface area (Å²) in [6.45, 7) is 6.49. The van der Waals surface area contributed by atoms with Gasteiger partial charge in [-0.2, -0.15) is 0 Å². The van der Waals surface area contributed by atoms with Crippen molar-refractivity contribution in [2.24, 2.45) is 0 Å². The minimum Gasteiger partial charge on any atom is -0.480 e. The molecule has 1 atom stereocenters. The van der Waals surface area contributed by atoms with E-state index in [9.17, 15) is 9.59 Å². The fraction of sp³-hybridized carbons (Fsp3) is 0.429. The highest BCUT2D eigenvalue weighted by molar-refractivity contribution is 5.97. The smallest absolute Gasteiger partial charge is 0.341 e. The van der Waals surface area contributed by atoms with Gasteiger partial charge in [-0.05, 0) is 32.9 Å². The fourth-order valence-electron chi connectivity index (χ4n) is 1.91. The summed E-state index contributed by atoms with van der Waals surface area (Å²) in [5, 5.41) is 9.14. The average Bonchev–Trinajstić information content (AvgIpc) is 2.39. The lowest BCUT2D eigenvalue weighted by Gasteiger charge is -2.24. The third kappa shape index (κ3) is 3.40. The van der Waals surface area contributed by atoms with Crippen LogP contribution in [-0.4, -0.2) is 41.1 Å². The maximum absolute atomic E-state index is 12.1. The standard InChI is InChI=1S/C14H20N2O4/c1-4-16(5-2)13(17)9(3)20-11-8-6-7-10(15)12(11)14(18)19/h6-9H,4-5,15H2,1-3H3,(H,18,19). The molecule has 20 heavy (non-hydrogen) atoms. The number of carboxylic acids is 1. The van der Waals surface area contributed by atoms with Crippen molar-refractivity contribution in [3.63, 3.8) is 0 Å². The van der Waals surface area contributed by atoms with Crippen LogP contribution in [0.4, 0.5) is 5.69 Å². The van der Waals surface area contributed by atoms with Gasteiger partial charge in [-0.15, -0.1) is 0 Å². The second-order valence-electron chi connectivity index (χ2n) is 4.30. The number of nitrogens with two attached hydrogens (primary N) is 1. The number of carbonyl (C=O) groups excluding carboxylic acids is 1. The van der Waals surface area contributed by atoms with Gasteiger partial charge in [0.15, 0.2) is 6.10 Å². The van der Waals surface area contributed by atoms with E-state index < -0.39 is 12.1 Å². The summed E-state index contributed by atoms with van der Waals surface area (Å²) in [7, 11) is 0. The molecular formula is C14H20N2O4. The molecule has 0 aliphatic carbocycles. The lowest BCUT2D eigenvalue weighted by molar-refractivity contribution is -0.137. The monoisotopic (exact) mass is 280 g/mol. The Bertz CT molecular complexity index is 498. The number of benzene rings is 1. The first-order chi connectivity index (χ1) is 9.42. The highest BCUT2D eigenvalue weighted by Gasteiger charge is 2.23. The Labute approximate surface area is 118 Å². The van der Waals surface area contributed by atoms with Crippen LogP contribution in [0, 0.1) is 0 Å². The molecule has 110 valence electrons. The third-order valence-corrected chi connectivity index (χ3v) is 3.00. The van der Waals surface area contributed by atoms with Crippen LogP contribution in [0.15, 0.2) is 18.2 Å². The van der Waals surface area contributed by atoms with Crippen LogP contribution in [0.2, 0.25) is 0 Å². The summed E-state index contributed by atoms with van der Waals surface area (Å²) in [6, 6.07) is 4.56. The second-order valence-corrected chi connectivity index (χ2v) is 4.30. The van der Waals surface area contributed by atoms with Gasteiger partial charge in [0.2, 0.25) is 0 Å². The molecule has 1 rings (SSSR count). The van der Waals surface area contributed by atoms with Crippen molar-refractivity contribution >= 4 is 17.6 Å². The maximum Gasteiger partial charge on any atom is 0.341 e. The van der Waals surface area contributed by atoms with E-state index in [0.29, 0.717) is 13.1 Å². The molecule has 3 N–H and O–H groups in total. The lowest BCUT2D eigenvalue weighted by Crippen LogP contribution is -2.40. The Morgan fingerprint density at radius 3 is 2.45 bits per heavy atom. The maximum atomic E-state index is 12.1. The van der Waals surface area contributed by atoms with Crippen molar-refractivity contribution in [2.45, 2.75) is 26.9 Å². The second kappa shape index (κ2) is 6.79. The van der Waals surface area contributed by atoms with Crippen LogP contribution in [0.1, 0.15) is 31.1 Å². The summed E-state index contributed by atoms with van der Waals surface area (Å²) in [6.07, 6.45) is -0.769. The van der Waals surface area contributed by atoms with Gasteiger partial charge in [-0.1, -0.05) is 6.07 Å². The van der Waals surface area contributed by atoms with E-state index >= 15 is 0 Å². The van der Waals surface area contributed by atoms with E-state index in [0.717, 1.165) is 0 Å². The average molecular weight is 280 g/mol. The van der Waals surface area contributed by atoms with Gasteiger partial charge < -0.3 is 20.5 Å². The molecule has 6 nitrogen and oxygen atoms in total. The first-order valence-corrected chi connectivity index (χ1v) is 6.49. The predicted molar refractivity (Wildman–Crippen MR) is 75.8 cm³/mol. The molecule has 0 aliphatic rings. The van der Waals surface area contributed by atoms with Crippen molar-refractivity contribution in [3.8, 4) is 5.75 Å². The Morgan fingerprint density at radius 1 is 1.35 bits per heavy atom. The minimum atomic E-state index is -1.18. The molecule has 0 saturated heterocycles. The van der Waals surface area contributed by atoms with Gasteiger partial charge >= 0.3 is 5.97 Å². The zero-order chi connectivity index (χ0) is 15.3. The molecule has 6 heteroatoms. The van der Waals surface area contributed by atoms with Crippen molar-refractivity contribution in [2.75, 3.05) is 18.8 Å². The molecule has 0 radical (unpaired) electrons. The number of hydrogen-bond donors (Lipinski definition) is 2. The first kappa shape index (κ1) is 15.8. The number of aromatic carboxylic acids is 1. The highest BCUT2D eigenvalue weighted by Crippen LogP contribution is 2.25. The van der Waals surface area contributed by atoms with Gasteiger partial charge in [-0.25, -0.2) is 4.79 Å². The zero-order valence-corrected chi connectivity index (χ0v) is 11.9. The first-order valence-electron chi connectivity index (χ1n) is 6.49. The van der Waals surface area contributed by atoms with E-state index in [4.69, 9.17) is 15.6 Å². The predicted octanol–water partition coefficient (Wildman–Crippen LogP) is 1.60. The number of likely N-dealkylation sites (N-methyl/N-ethyl adjacent to an activating group) is 1. The van der Waals surface area contributed by atoms with Crippen molar-refractivity contribution in [3.05, 3.63) is 23.8 Å². The molecule has 1 aromatic carbocycles. The van der Waals surface area contributed by atoms with Crippen LogP contribution >= 0.6 is 0 Å².